The number of halogens is 4. The SMILES string of the molecule is CC(=O)Nc1cc(NC(=O)/C=C/c2cc(Br)ccc2OC(F)F)ccc1F. The van der Waals surface area contributed by atoms with E-state index < -0.39 is 24.2 Å². The highest BCUT2D eigenvalue weighted by Crippen LogP contribution is 2.26. The van der Waals surface area contributed by atoms with Gasteiger partial charge in [-0.25, -0.2) is 4.39 Å². The Hall–Kier alpha value is -2.81. The van der Waals surface area contributed by atoms with Crippen LogP contribution in [0.5, 0.6) is 5.75 Å². The third kappa shape index (κ3) is 6.45. The Labute approximate surface area is 161 Å². The Morgan fingerprint density at radius 2 is 1.89 bits per heavy atom. The summed E-state index contributed by atoms with van der Waals surface area (Å²) in [4.78, 5) is 23.1. The van der Waals surface area contributed by atoms with Crippen molar-refractivity contribution in [3.05, 3.63) is 58.3 Å². The zero-order chi connectivity index (χ0) is 20.0. The van der Waals surface area contributed by atoms with E-state index in [1.165, 1.54) is 43.3 Å². The molecule has 0 radical (unpaired) electrons. The van der Waals surface area contributed by atoms with Gasteiger partial charge in [0.05, 0.1) is 5.69 Å². The number of hydrogen-bond acceptors (Lipinski definition) is 3. The lowest BCUT2D eigenvalue weighted by molar-refractivity contribution is -0.114. The molecule has 0 aliphatic rings. The molecule has 0 bridgehead atoms. The maximum absolute atomic E-state index is 13.6. The maximum Gasteiger partial charge on any atom is 0.387 e. The van der Waals surface area contributed by atoms with Crippen LogP contribution in [-0.2, 0) is 9.59 Å². The zero-order valence-corrected chi connectivity index (χ0v) is 15.5. The van der Waals surface area contributed by atoms with Crippen molar-refractivity contribution in [2.75, 3.05) is 10.6 Å². The fourth-order valence-corrected chi connectivity index (χ4v) is 2.47. The molecule has 0 aliphatic carbocycles. The van der Waals surface area contributed by atoms with E-state index >= 15 is 0 Å². The molecule has 2 amide bonds. The van der Waals surface area contributed by atoms with E-state index in [9.17, 15) is 22.8 Å². The summed E-state index contributed by atoms with van der Waals surface area (Å²) in [5.74, 6) is -1.79. The van der Waals surface area contributed by atoms with Gasteiger partial charge in [0.25, 0.3) is 0 Å². The highest BCUT2D eigenvalue weighted by Gasteiger charge is 2.10. The Kier molecular flexibility index (Phi) is 7.00. The Bertz CT molecular complexity index is 888. The van der Waals surface area contributed by atoms with E-state index in [0.29, 0.717) is 4.47 Å². The van der Waals surface area contributed by atoms with Gasteiger partial charge in [-0.3, -0.25) is 9.59 Å². The van der Waals surface area contributed by atoms with Crippen molar-refractivity contribution in [2.24, 2.45) is 0 Å². The molecule has 2 N–H and O–H groups in total. The van der Waals surface area contributed by atoms with Gasteiger partial charge in [0.15, 0.2) is 0 Å². The number of alkyl halides is 2. The van der Waals surface area contributed by atoms with Crippen LogP contribution in [0.2, 0.25) is 0 Å². The van der Waals surface area contributed by atoms with Crippen LogP contribution in [0.4, 0.5) is 24.5 Å². The maximum atomic E-state index is 13.6. The first-order chi connectivity index (χ1) is 12.7. The van der Waals surface area contributed by atoms with Crippen molar-refractivity contribution < 1.29 is 27.5 Å². The summed E-state index contributed by atoms with van der Waals surface area (Å²) >= 11 is 3.21. The first-order valence-electron chi connectivity index (χ1n) is 7.55. The van der Waals surface area contributed by atoms with Crippen molar-refractivity contribution in [3.63, 3.8) is 0 Å². The fraction of sp³-hybridized carbons (Fsp3) is 0.111. The Morgan fingerprint density at radius 3 is 2.56 bits per heavy atom. The quantitative estimate of drug-likeness (QED) is 0.631. The van der Waals surface area contributed by atoms with Crippen LogP contribution in [0.15, 0.2) is 46.9 Å². The summed E-state index contributed by atoms with van der Waals surface area (Å²) in [6, 6.07) is 8.04. The lowest BCUT2D eigenvalue weighted by atomic mass is 10.2. The molecule has 2 aromatic rings. The predicted octanol–water partition coefficient (Wildman–Crippen LogP) is 4.80. The van der Waals surface area contributed by atoms with Crippen LogP contribution in [0, 0.1) is 5.82 Å². The Morgan fingerprint density at radius 1 is 1.15 bits per heavy atom. The first kappa shape index (κ1) is 20.5. The van der Waals surface area contributed by atoms with Gasteiger partial charge < -0.3 is 15.4 Å². The van der Waals surface area contributed by atoms with E-state index in [1.54, 1.807) is 0 Å². The number of ether oxygens (including phenoxy) is 1. The van der Waals surface area contributed by atoms with Crippen LogP contribution < -0.4 is 15.4 Å². The highest BCUT2D eigenvalue weighted by molar-refractivity contribution is 9.10. The minimum absolute atomic E-state index is 0.0797. The van der Waals surface area contributed by atoms with E-state index in [1.807, 2.05) is 0 Å². The molecule has 0 unspecified atom stereocenters. The molecule has 0 fully saturated rings. The number of anilines is 2. The van der Waals surface area contributed by atoms with Gasteiger partial charge >= 0.3 is 6.61 Å². The van der Waals surface area contributed by atoms with Gasteiger partial charge in [0.1, 0.15) is 11.6 Å². The molecule has 0 atom stereocenters. The molecule has 0 saturated carbocycles. The summed E-state index contributed by atoms with van der Waals surface area (Å²) in [6.45, 7) is -1.77. The number of nitrogens with one attached hydrogen (secondary N) is 2. The number of carbonyl (C=O) groups is 2. The zero-order valence-electron chi connectivity index (χ0n) is 13.9. The molecule has 27 heavy (non-hydrogen) atoms. The summed E-state index contributed by atoms with van der Waals surface area (Å²) in [5, 5.41) is 4.78. The normalized spacial score (nSPS) is 10.9. The number of rotatable bonds is 6. The standard InChI is InChI=1S/C18H14BrF3N2O3/c1-10(25)23-15-9-13(4-5-14(15)20)24-17(26)7-2-11-8-12(19)3-6-16(11)27-18(21)22/h2-9,18H,1H3,(H,23,25)(H,24,26)/b7-2+. The molecular formula is C18H14BrF3N2O3. The van der Waals surface area contributed by atoms with Crippen molar-refractivity contribution >= 4 is 45.2 Å². The first-order valence-corrected chi connectivity index (χ1v) is 8.34. The molecule has 2 rings (SSSR count). The number of hydrogen-bond donors (Lipinski definition) is 2. The molecule has 9 heteroatoms. The summed E-state index contributed by atoms with van der Waals surface area (Å²) in [7, 11) is 0. The minimum Gasteiger partial charge on any atom is -0.434 e. The lowest BCUT2D eigenvalue weighted by Crippen LogP contribution is -2.11. The largest absolute Gasteiger partial charge is 0.434 e. The van der Waals surface area contributed by atoms with Crippen LogP contribution >= 0.6 is 15.9 Å². The van der Waals surface area contributed by atoms with Crippen molar-refractivity contribution in [1.82, 2.24) is 0 Å². The lowest BCUT2D eigenvalue weighted by Gasteiger charge is -2.09. The number of amides is 2. The monoisotopic (exact) mass is 442 g/mol. The van der Waals surface area contributed by atoms with E-state index in [-0.39, 0.29) is 22.7 Å². The average molecular weight is 443 g/mol. The molecule has 142 valence electrons. The van der Waals surface area contributed by atoms with Crippen LogP contribution in [0.1, 0.15) is 12.5 Å². The molecule has 0 heterocycles. The minimum atomic E-state index is -3.00. The molecular weight excluding hydrogens is 429 g/mol. The van der Waals surface area contributed by atoms with Crippen LogP contribution in [-0.4, -0.2) is 18.4 Å². The van der Waals surface area contributed by atoms with Gasteiger partial charge in [-0.2, -0.15) is 8.78 Å². The van der Waals surface area contributed by atoms with E-state index in [2.05, 4.69) is 31.3 Å². The number of benzene rings is 2. The topological polar surface area (TPSA) is 67.4 Å². The van der Waals surface area contributed by atoms with Crippen LogP contribution in [0.3, 0.4) is 0 Å². The van der Waals surface area contributed by atoms with Crippen molar-refractivity contribution in [2.45, 2.75) is 13.5 Å². The van der Waals surface area contributed by atoms with Crippen LogP contribution in [0.25, 0.3) is 6.08 Å². The average Bonchev–Trinajstić information content (AvgIpc) is 2.57. The third-order valence-corrected chi connectivity index (χ3v) is 3.64. The molecule has 0 aromatic heterocycles. The van der Waals surface area contributed by atoms with E-state index in [4.69, 9.17) is 0 Å². The summed E-state index contributed by atoms with van der Waals surface area (Å²) in [5.41, 5.74) is 0.426. The summed E-state index contributed by atoms with van der Waals surface area (Å²) in [6.07, 6.45) is 2.41. The molecule has 2 aromatic carbocycles. The molecule has 0 saturated heterocycles. The van der Waals surface area contributed by atoms with Gasteiger partial charge in [-0.1, -0.05) is 15.9 Å². The molecule has 0 spiro atoms. The van der Waals surface area contributed by atoms with Gasteiger partial charge in [-0.05, 0) is 42.5 Å². The van der Waals surface area contributed by atoms with Gasteiger partial charge in [0.2, 0.25) is 11.8 Å². The van der Waals surface area contributed by atoms with Gasteiger partial charge in [0, 0.05) is 28.7 Å². The van der Waals surface area contributed by atoms with Gasteiger partial charge in [-0.15, -0.1) is 0 Å². The second-order valence-corrected chi connectivity index (χ2v) is 6.17. The molecule has 0 aliphatic heterocycles. The third-order valence-electron chi connectivity index (χ3n) is 3.15. The smallest absolute Gasteiger partial charge is 0.387 e. The number of carbonyl (C=O) groups excluding carboxylic acids is 2. The van der Waals surface area contributed by atoms with Crippen molar-refractivity contribution in [3.8, 4) is 5.75 Å². The van der Waals surface area contributed by atoms with E-state index in [0.717, 1.165) is 12.1 Å². The predicted molar refractivity (Wildman–Crippen MR) is 99.1 cm³/mol. The molecule has 5 nitrogen and oxygen atoms in total. The Balaban J connectivity index is 2.14. The fourth-order valence-electron chi connectivity index (χ4n) is 2.09. The highest BCUT2D eigenvalue weighted by atomic mass is 79.9. The second kappa shape index (κ2) is 9.22. The summed E-state index contributed by atoms with van der Waals surface area (Å²) < 4.78 is 43.5. The second-order valence-electron chi connectivity index (χ2n) is 5.26. The van der Waals surface area contributed by atoms with Crippen molar-refractivity contribution in [1.29, 1.82) is 0 Å².